The molecule has 1 heterocycles. The number of rotatable bonds is 3. The molecule has 0 atom stereocenters. The van der Waals surface area contributed by atoms with Crippen molar-refractivity contribution in [3.8, 4) is 17.1 Å². The Morgan fingerprint density at radius 1 is 1.07 bits per heavy atom. The quantitative estimate of drug-likeness (QED) is 0.474. The number of hydrogen-bond acceptors (Lipinski definition) is 3. The molecule has 0 aliphatic heterocycles. The van der Waals surface area contributed by atoms with E-state index in [0.717, 1.165) is 28.0 Å². The van der Waals surface area contributed by atoms with Crippen molar-refractivity contribution in [2.45, 2.75) is 6.92 Å². The smallest absolute Gasteiger partial charge is 0.410 e. The van der Waals surface area contributed by atoms with Crippen LogP contribution in [0.25, 0.3) is 22.4 Å². The molecule has 0 saturated heterocycles. The molecule has 0 spiro atoms. The van der Waals surface area contributed by atoms with Gasteiger partial charge in [0.2, 0.25) is 0 Å². The van der Waals surface area contributed by atoms with E-state index in [1.54, 1.807) is 36.4 Å². The first-order chi connectivity index (χ1) is 13.1. The number of anilines is 1. The Balaban J connectivity index is 1.55. The van der Waals surface area contributed by atoms with E-state index < -0.39 is 6.09 Å². The largest absolute Gasteiger partial charge is 0.417 e. The number of nitrogens with zero attached hydrogens (tertiary/aromatic N) is 1. The van der Waals surface area contributed by atoms with E-state index in [4.69, 9.17) is 16.3 Å². The highest BCUT2D eigenvalue weighted by Crippen LogP contribution is 2.26. The van der Waals surface area contributed by atoms with Crippen molar-refractivity contribution < 1.29 is 9.53 Å². The third-order valence-corrected chi connectivity index (χ3v) is 4.37. The van der Waals surface area contributed by atoms with Crippen LogP contribution in [0.1, 0.15) is 5.56 Å². The standard InChI is InChI=1S/C21H16ClN3O2/c1-13-5-2-3-8-17(13)20-24-18-10-9-16(12-19(18)25-20)27-21(26)23-15-7-4-6-14(22)11-15/h2-12H,1H3,(H,23,26)(H,24,25). The molecule has 1 aromatic heterocycles. The number of aryl methyl sites for hydroxylation is 1. The number of fused-ring (bicyclic) bond motifs is 1. The van der Waals surface area contributed by atoms with Gasteiger partial charge in [0.1, 0.15) is 11.6 Å². The lowest BCUT2D eigenvalue weighted by Gasteiger charge is -2.06. The van der Waals surface area contributed by atoms with Crippen molar-refractivity contribution in [3.05, 3.63) is 77.3 Å². The number of ether oxygens (including phenoxy) is 1. The molecule has 2 N–H and O–H groups in total. The summed E-state index contributed by atoms with van der Waals surface area (Å²) in [6.45, 7) is 2.04. The fraction of sp³-hybridized carbons (Fsp3) is 0.0476. The lowest BCUT2D eigenvalue weighted by Crippen LogP contribution is -2.16. The topological polar surface area (TPSA) is 67.0 Å². The lowest BCUT2D eigenvalue weighted by molar-refractivity contribution is 0.215. The number of nitrogens with one attached hydrogen (secondary N) is 2. The summed E-state index contributed by atoms with van der Waals surface area (Å²) in [6, 6.07) is 20.2. The van der Waals surface area contributed by atoms with Crippen molar-refractivity contribution in [2.24, 2.45) is 0 Å². The highest BCUT2D eigenvalue weighted by Gasteiger charge is 2.10. The van der Waals surface area contributed by atoms with Crippen LogP contribution >= 0.6 is 11.6 Å². The number of imidazole rings is 1. The molecule has 3 aromatic carbocycles. The predicted molar refractivity (Wildman–Crippen MR) is 107 cm³/mol. The second-order valence-electron chi connectivity index (χ2n) is 6.10. The highest BCUT2D eigenvalue weighted by molar-refractivity contribution is 6.30. The third kappa shape index (κ3) is 3.78. The Morgan fingerprint density at radius 3 is 2.74 bits per heavy atom. The zero-order chi connectivity index (χ0) is 18.8. The average Bonchev–Trinajstić information content (AvgIpc) is 3.05. The van der Waals surface area contributed by atoms with Gasteiger partial charge in [0.05, 0.1) is 11.0 Å². The molecule has 1 amide bonds. The number of aromatic amines is 1. The zero-order valence-electron chi connectivity index (χ0n) is 14.5. The molecule has 0 fully saturated rings. The van der Waals surface area contributed by atoms with Gasteiger partial charge in [0, 0.05) is 22.3 Å². The van der Waals surface area contributed by atoms with Gasteiger partial charge < -0.3 is 9.72 Å². The second-order valence-corrected chi connectivity index (χ2v) is 6.54. The minimum absolute atomic E-state index is 0.419. The number of benzene rings is 3. The van der Waals surface area contributed by atoms with Crippen LogP contribution in [-0.4, -0.2) is 16.1 Å². The Kier molecular flexibility index (Phi) is 4.52. The molecule has 5 nitrogen and oxygen atoms in total. The maximum absolute atomic E-state index is 12.1. The van der Waals surface area contributed by atoms with E-state index in [1.165, 1.54) is 0 Å². The monoisotopic (exact) mass is 377 g/mol. The van der Waals surface area contributed by atoms with Crippen LogP contribution in [0.5, 0.6) is 5.75 Å². The Hall–Kier alpha value is -3.31. The fourth-order valence-corrected chi connectivity index (χ4v) is 3.03. The van der Waals surface area contributed by atoms with Gasteiger partial charge in [0.15, 0.2) is 0 Å². The molecule has 0 aliphatic carbocycles. The van der Waals surface area contributed by atoms with Gasteiger partial charge in [-0.3, -0.25) is 5.32 Å². The molecule has 0 unspecified atom stereocenters. The molecule has 0 bridgehead atoms. The number of H-pyrrole nitrogens is 1. The van der Waals surface area contributed by atoms with Crippen LogP contribution in [0.3, 0.4) is 0 Å². The van der Waals surface area contributed by atoms with Gasteiger partial charge in [-0.25, -0.2) is 9.78 Å². The molecular weight excluding hydrogens is 362 g/mol. The molecule has 0 aliphatic rings. The number of amides is 1. The van der Waals surface area contributed by atoms with Crippen LogP contribution in [0.15, 0.2) is 66.7 Å². The summed E-state index contributed by atoms with van der Waals surface area (Å²) in [5, 5.41) is 3.18. The van der Waals surface area contributed by atoms with Crippen molar-refractivity contribution in [1.29, 1.82) is 0 Å². The summed E-state index contributed by atoms with van der Waals surface area (Å²) in [7, 11) is 0. The molecule has 6 heteroatoms. The van der Waals surface area contributed by atoms with Crippen LogP contribution in [0.2, 0.25) is 5.02 Å². The van der Waals surface area contributed by atoms with E-state index >= 15 is 0 Å². The molecule has 4 aromatic rings. The second kappa shape index (κ2) is 7.13. The van der Waals surface area contributed by atoms with Crippen LogP contribution < -0.4 is 10.1 Å². The van der Waals surface area contributed by atoms with Gasteiger partial charge >= 0.3 is 6.09 Å². The SMILES string of the molecule is Cc1ccccc1-c1nc2ccc(OC(=O)Nc3cccc(Cl)c3)cc2[nH]1. The van der Waals surface area contributed by atoms with E-state index in [0.29, 0.717) is 16.5 Å². The summed E-state index contributed by atoms with van der Waals surface area (Å²) in [5.74, 6) is 1.20. The molecule has 0 saturated carbocycles. The summed E-state index contributed by atoms with van der Waals surface area (Å²) >= 11 is 5.91. The summed E-state index contributed by atoms with van der Waals surface area (Å²) in [5.41, 5.74) is 4.33. The van der Waals surface area contributed by atoms with Gasteiger partial charge in [-0.05, 0) is 42.8 Å². The average molecular weight is 378 g/mol. The molecule has 0 radical (unpaired) electrons. The van der Waals surface area contributed by atoms with Crippen molar-refractivity contribution >= 4 is 34.4 Å². The summed E-state index contributed by atoms with van der Waals surface area (Å²) < 4.78 is 5.36. The van der Waals surface area contributed by atoms with E-state index in [1.807, 2.05) is 37.3 Å². The maximum Gasteiger partial charge on any atom is 0.417 e. The van der Waals surface area contributed by atoms with Gasteiger partial charge in [0.25, 0.3) is 0 Å². The van der Waals surface area contributed by atoms with Crippen molar-refractivity contribution in [1.82, 2.24) is 9.97 Å². The Labute approximate surface area is 161 Å². The van der Waals surface area contributed by atoms with Crippen LogP contribution in [0.4, 0.5) is 10.5 Å². The fourth-order valence-electron chi connectivity index (χ4n) is 2.84. The molecule has 134 valence electrons. The number of hydrogen-bond donors (Lipinski definition) is 2. The minimum atomic E-state index is -0.588. The number of halogens is 1. The molecule has 27 heavy (non-hydrogen) atoms. The first-order valence-electron chi connectivity index (χ1n) is 8.39. The number of carbonyl (C=O) groups is 1. The van der Waals surface area contributed by atoms with Crippen LogP contribution in [-0.2, 0) is 0 Å². The Morgan fingerprint density at radius 2 is 1.93 bits per heavy atom. The van der Waals surface area contributed by atoms with E-state index in [-0.39, 0.29) is 0 Å². The van der Waals surface area contributed by atoms with Gasteiger partial charge in [-0.2, -0.15) is 0 Å². The first-order valence-corrected chi connectivity index (χ1v) is 8.76. The first kappa shape index (κ1) is 17.1. The lowest BCUT2D eigenvalue weighted by atomic mass is 10.1. The zero-order valence-corrected chi connectivity index (χ0v) is 15.2. The molecular formula is C21H16ClN3O2. The highest BCUT2D eigenvalue weighted by atomic mass is 35.5. The Bertz CT molecular complexity index is 1140. The van der Waals surface area contributed by atoms with E-state index in [2.05, 4.69) is 15.3 Å². The predicted octanol–water partition coefficient (Wildman–Crippen LogP) is 5.80. The summed E-state index contributed by atoms with van der Waals surface area (Å²) in [6.07, 6.45) is -0.588. The third-order valence-electron chi connectivity index (χ3n) is 4.14. The number of carbonyl (C=O) groups excluding carboxylic acids is 1. The minimum Gasteiger partial charge on any atom is -0.410 e. The van der Waals surface area contributed by atoms with Crippen molar-refractivity contribution in [2.75, 3.05) is 5.32 Å². The normalized spacial score (nSPS) is 10.7. The maximum atomic E-state index is 12.1. The molecule has 4 rings (SSSR count). The van der Waals surface area contributed by atoms with Gasteiger partial charge in [-0.1, -0.05) is 41.9 Å². The van der Waals surface area contributed by atoms with Crippen LogP contribution in [0, 0.1) is 6.92 Å². The van der Waals surface area contributed by atoms with E-state index in [9.17, 15) is 4.79 Å². The number of aromatic nitrogens is 2. The van der Waals surface area contributed by atoms with Gasteiger partial charge in [-0.15, -0.1) is 0 Å². The van der Waals surface area contributed by atoms with Crippen molar-refractivity contribution in [3.63, 3.8) is 0 Å². The summed E-state index contributed by atoms with van der Waals surface area (Å²) in [4.78, 5) is 20.0.